The summed E-state index contributed by atoms with van der Waals surface area (Å²) < 4.78 is 1.04. The van der Waals surface area contributed by atoms with Gasteiger partial charge >= 0.3 is 0 Å². The van der Waals surface area contributed by atoms with Gasteiger partial charge in [0.2, 0.25) is 0 Å². The zero-order valence-corrected chi connectivity index (χ0v) is 14.7. The first kappa shape index (κ1) is 17.0. The number of nitrogens with one attached hydrogen (secondary N) is 1. The van der Waals surface area contributed by atoms with E-state index in [0.717, 1.165) is 29.0 Å². The van der Waals surface area contributed by atoms with E-state index in [4.69, 9.17) is 11.6 Å². The van der Waals surface area contributed by atoms with Crippen molar-refractivity contribution >= 4 is 27.5 Å². The lowest BCUT2D eigenvalue weighted by Crippen LogP contribution is -2.33. The molecule has 0 spiro atoms. The summed E-state index contributed by atoms with van der Waals surface area (Å²) in [6.45, 7) is 11.2. The van der Waals surface area contributed by atoms with Crippen LogP contribution in [0.3, 0.4) is 0 Å². The second-order valence-corrected chi connectivity index (χ2v) is 7.53. The Bertz CT molecular complexity index is 398. The predicted molar refractivity (Wildman–Crippen MR) is 89.0 cm³/mol. The van der Waals surface area contributed by atoms with Crippen molar-refractivity contribution < 1.29 is 0 Å². The van der Waals surface area contributed by atoms with Crippen molar-refractivity contribution in [3.05, 3.63) is 33.3 Å². The van der Waals surface area contributed by atoms with Crippen LogP contribution in [0.4, 0.5) is 0 Å². The van der Waals surface area contributed by atoms with Crippen molar-refractivity contribution in [2.24, 2.45) is 11.3 Å². The van der Waals surface area contributed by atoms with Gasteiger partial charge in [-0.2, -0.15) is 0 Å². The maximum Gasteiger partial charge on any atom is 0.0449 e. The van der Waals surface area contributed by atoms with Crippen LogP contribution in [0.2, 0.25) is 5.02 Å². The maximum atomic E-state index is 6.33. The van der Waals surface area contributed by atoms with E-state index >= 15 is 0 Å². The van der Waals surface area contributed by atoms with E-state index in [-0.39, 0.29) is 5.41 Å². The van der Waals surface area contributed by atoms with Crippen molar-refractivity contribution in [3.63, 3.8) is 0 Å². The number of rotatable bonds is 6. The standard InChI is InChI=1S/C16H25BrClN/c1-5-8-19-11-13(16(2,3)4)9-12-6-7-14(17)10-15(12)18/h6-7,10,13,19H,5,8-9,11H2,1-4H3. The molecule has 19 heavy (non-hydrogen) atoms. The third-order valence-corrected chi connectivity index (χ3v) is 4.37. The molecule has 0 aliphatic carbocycles. The molecule has 0 aliphatic rings. The fourth-order valence-corrected chi connectivity index (χ4v) is 2.84. The molecule has 1 aromatic carbocycles. The smallest absolute Gasteiger partial charge is 0.0449 e. The molecule has 1 unspecified atom stereocenters. The van der Waals surface area contributed by atoms with Crippen LogP contribution < -0.4 is 5.32 Å². The van der Waals surface area contributed by atoms with Crippen LogP contribution in [0.1, 0.15) is 39.7 Å². The van der Waals surface area contributed by atoms with Gasteiger partial charge in [0.1, 0.15) is 0 Å². The SMILES string of the molecule is CCCNCC(Cc1ccc(Br)cc1Cl)C(C)(C)C. The summed E-state index contributed by atoms with van der Waals surface area (Å²) in [6.07, 6.45) is 2.20. The largest absolute Gasteiger partial charge is 0.316 e. The highest BCUT2D eigenvalue weighted by atomic mass is 79.9. The first-order chi connectivity index (χ1) is 8.84. The molecule has 1 nitrogen and oxygen atoms in total. The number of hydrogen-bond acceptors (Lipinski definition) is 1. The van der Waals surface area contributed by atoms with Crippen molar-refractivity contribution in [2.75, 3.05) is 13.1 Å². The topological polar surface area (TPSA) is 12.0 Å². The highest BCUT2D eigenvalue weighted by molar-refractivity contribution is 9.10. The van der Waals surface area contributed by atoms with Crippen LogP contribution in [-0.4, -0.2) is 13.1 Å². The molecule has 0 aromatic heterocycles. The Balaban J connectivity index is 2.76. The van der Waals surface area contributed by atoms with Crippen LogP contribution in [-0.2, 0) is 6.42 Å². The van der Waals surface area contributed by atoms with Gasteiger partial charge in [0.05, 0.1) is 0 Å². The number of benzene rings is 1. The molecule has 3 heteroatoms. The first-order valence-electron chi connectivity index (χ1n) is 6.99. The lowest BCUT2D eigenvalue weighted by molar-refractivity contribution is 0.231. The molecule has 1 aromatic rings. The fourth-order valence-electron chi connectivity index (χ4n) is 2.09. The third-order valence-electron chi connectivity index (χ3n) is 3.52. The Morgan fingerprint density at radius 2 is 2.00 bits per heavy atom. The summed E-state index contributed by atoms with van der Waals surface area (Å²) in [6, 6.07) is 6.18. The van der Waals surface area contributed by atoms with Gasteiger partial charge in [-0.05, 0) is 55.0 Å². The Morgan fingerprint density at radius 1 is 1.32 bits per heavy atom. The molecular formula is C16H25BrClN. The van der Waals surface area contributed by atoms with Crippen LogP contribution in [0.5, 0.6) is 0 Å². The minimum absolute atomic E-state index is 0.275. The van der Waals surface area contributed by atoms with E-state index in [1.54, 1.807) is 0 Å². The van der Waals surface area contributed by atoms with Crippen LogP contribution in [0.15, 0.2) is 22.7 Å². The predicted octanol–water partition coefficient (Wildman–Crippen LogP) is 5.31. The number of halogens is 2. The van der Waals surface area contributed by atoms with Gasteiger partial charge in [-0.3, -0.25) is 0 Å². The Hall–Kier alpha value is -0.0500. The van der Waals surface area contributed by atoms with Crippen molar-refractivity contribution in [3.8, 4) is 0 Å². The third kappa shape index (κ3) is 5.85. The van der Waals surface area contributed by atoms with E-state index < -0.39 is 0 Å². The Morgan fingerprint density at radius 3 is 2.53 bits per heavy atom. The van der Waals surface area contributed by atoms with E-state index in [1.807, 2.05) is 6.07 Å². The summed E-state index contributed by atoms with van der Waals surface area (Å²) in [5.74, 6) is 0.581. The average Bonchev–Trinajstić information content (AvgIpc) is 2.29. The normalized spacial score (nSPS) is 13.6. The van der Waals surface area contributed by atoms with Crippen molar-refractivity contribution in [1.29, 1.82) is 0 Å². The van der Waals surface area contributed by atoms with Crippen LogP contribution in [0.25, 0.3) is 0 Å². The second kappa shape index (κ2) is 7.66. The lowest BCUT2D eigenvalue weighted by atomic mass is 9.77. The molecule has 0 saturated carbocycles. The van der Waals surface area contributed by atoms with Gasteiger partial charge in [-0.15, -0.1) is 0 Å². The molecule has 0 bridgehead atoms. The van der Waals surface area contributed by atoms with Gasteiger partial charge in [0, 0.05) is 9.50 Å². The van der Waals surface area contributed by atoms with Gasteiger partial charge in [0.25, 0.3) is 0 Å². The Labute approximate surface area is 131 Å². The molecule has 0 amide bonds. The molecule has 0 fully saturated rings. The molecule has 1 rings (SSSR count). The zero-order chi connectivity index (χ0) is 14.5. The minimum atomic E-state index is 0.275. The van der Waals surface area contributed by atoms with Crippen molar-refractivity contribution in [2.45, 2.75) is 40.5 Å². The van der Waals surface area contributed by atoms with Crippen molar-refractivity contribution in [1.82, 2.24) is 5.32 Å². The van der Waals surface area contributed by atoms with Crippen LogP contribution in [0, 0.1) is 11.3 Å². The molecular weight excluding hydrogens is 322 g/mol. The van der Waals surface area contributed by atoms with Gasteiger partial charge in [-0.1, -0.05) is 61.3 Å². The van der Waals surface area contributed by atoms with Gasteiger partial charge in [0.15, 0.2) is 0 Å². The van der Waals surface area contributed by atoms with Crippen LogP contribution >= 0.6 is 27.5 Å². The fraction of sp³-hybridized carbons (Fsp3) is 0.625. The molecule has 1 atom stereocenters. The molecule has 0 saturated heterocycles. The van der Waals surface area contributed by atoms with E-state index in [1.165, 1.54) is 12.0 Å². The molecule has 0 aliphatic heterocycles. The summed E-state index contributed by atoms with van der Waals surface area (Å²) in [5, 5.41) is 4.40. The molecule has 0 radical (unpaired) electrons. The summed E-state index contributed by atoms with van der Waals surface area (Å²) in [5.41, 5.74) is 1.51. The second-order valence-electron chi connectivity index (χ2n) is 6.21. The summed E-state index contributed by atoms with van der Waals surface area (Å²) in [7, 11) is 0. The average molecular weight is 347 g/mol. The highest BCUT2D eigenvalue weighted by Crippen LogP contribution is 2.31. The number of hydrogen-bond donors (Lipinski definition) is 1. The van der Waals surface area contributed by atoms with E-state index in [2.05, 4.69) is 61.1 Å². The van der Waals surface area contributed by atoms with Gasteiger partial charge < -0.3 is 5.32 Å². The van der Waals surface area contributed by atoms with E-state index in [0.29, 0.717) is 5.92 Å². The zero-order valence-electron chi connectivity index (χ0n) is 12.4. The summed E-state index contributed by atoms with van der Waals surface area (Å²) >= 11 is 9.79. The Kier molecular flexibility index (Phi) is 6.85. The monoisotopic (exact) mass is 345 g/mol. The highest BCUT2D eigenvalue weighted by Gasteiger charge is 2.25. The van der Waals surface area contributed by atoms with E-state index in [9.17, 15) is 0 Å². The molecule has 0 heterocycles. The first-order valence-corrected chi connectivity index (χ1v) is 8.16. The lowest BCUT2D eigenvalue weighted by Gasteiger charge is -2.31. The maximum absolute atomic E-state index is 6.33. The summed E-state index contributed by atoms with van der Waals surface area (Å²) in [4.78, 5) is 0. The molecule has 108 valence electrons. The minimum Gasteiger partial charge on any atom is -0.316 e. The molecule has 1 N–H and O–H groups in total. The van der Waals surface area contributed by atoms with Gasteiger partial charge in [-0.25, -0.2) is 0 Å². The quantitative estimate of drug-likeness (QED) is 0.689.